The fourth-order valence-electron chi connectivity index (χ4n) is 3.31. The molecule has 2 amide bonds. The van der Waals surface area contributed by atoms with Gasteiger partial charge >= 0.3 is 0 Å². The molecule has 148 valence electrons. The molecule has 1 N–H and O–H groups in total. The Morgan fingerprint density at radius 3 is 2.18 bits per heavy atom. The average molecular weight is 381 g/mol. The van der Waals surface area contributed by atoms with Gasteiger partial charge in [-0.05, 0) is 48.4 Å². The van der Waals surface area contributed by atoms with Crippen LogP contribution in [0.1, 0.15) is 18.9 Å². The summed E-state index contributed by atoms with van der Waals surface area (Å²) in [5, 5.41) is 2.95. The molecule has 1 aliphatic heterocycles. The number of hydrogen-bond donors (Lipinski definition) is 1. The van der Waals surface area contributed by atoms with Gasteiger partial charge in [-0.3, -0.25) is 9.59 Å². The largest absolute Gasteiger partial charge is 0.497 e. The van der Waals surface area contributed by atoms with E-state index in [2.05, 4.69) is 10.2 Å². The van der Waals surface area contributed by atoms with Crippen LogP contribution in [0.25, 0.3) is 0 Å². The summed E-state index contributed by atoms with van der Waals surface area (Å²) in [5.41, 5.74) is 3.02. The highest BCUT2D eigenvalue weighted by Gasteiger charge is 2.18. The molecular formula is C22H27N3O3. The molecule has 28 heavy (non-hydrogen) atoms. The number of hydrogen-bond acceptors (Lipinski definition) is 4. The van der Waals surface area contributed by atoms with Crippen LogP contribution in [0.2, 0.25) is 0 Å². The molecular weight excluding hydrogens is 354 g/mol. The number of carbonyl (C=O) groups is 2. The molecule has 2 aromatic carbocycles. The lowest BCUT2D eigenvalue weighted by molar-refractivity contribution is -0.129. The zero-order valence-corrected chi connectivity index (χ0v) is 16.5. The number of carbonyl (C=O) groups excluding carboxylic acids is 2. The summed E-state index contributed by atoms with van der Waals surface area (Å²) >= 11 is 0. The number of methoxy groups -OCH3 is 1. The number of nitrogens with zero attached hydrogens (tertiary/aromatic N) is 2. The molecule has 1 heterocycles. The molecule has 0 atom stereocenters. The molecule has 0 radical (unpaired) electrons. The average Bonchev–Trinajstić information content (AvgIpc) is 2.73. The Bertz CT molecular complexity index is 795. The number of nitrogens with one attached hydrogen (secondary N) is 1. The summed E-state index contributed by atoms with van der Waals surface area (Å²) < 4.78 is 5.14. The summed E-state index contributed by atoms with van der Waals surface area (Å²) in [5.74, 6) is 0.946. The second kappa shape index (κ2) is 9.26. The number of anilines is 2. The van der Waals surface area contributed by atoms with Crippen molar-refractivity contribution in [3.63, 3.8) is 0 Å². The molecule has 2 aromatic rings. The first-order valence-corrected chi connectivity index (χ1v) is 9.58. The lowest BCUT2D eigenvalue weighted by atomic mass is 10.1. The van der Waals surface area contributed by atoms with Crippen LogP contribution < -0.4 is 15.0 Å². The normalized spacial score (nSPS) is 13.9. The van der Waals surface area contributed by atoms with Gasteiger partial charge in [-0.2, -0.15) is 0 Å². The Hall–Kier alpha value is -3.02. The standard InChI is InChI=1S/C22H27N3O3/c1-17(26)24-13-15-25(16-14-24)20-8-6-19(7-9-20)23-22(27)12-5-18-3-10-21(28-2)11-4-18/h3-4,6-11H,5,12-16H2,1-2H3,(H,23,27). The summed E-state index contributed by atoms with van der Waals surface area (Å²) in [6.07, 6.45) is 1.12. The monoisotopic (exact) mass is 381 g/mol. The number of amides is 2. The van der Waals surface area contributed by atoms with Crippen LogP contribution in [0.3, 0.4) is 0 Å². The van der Waals surface area contributed by atoms with E-state index in [4.69, 9.17) is 4.74 Å². The van der Waals surface area contributed by atoms with Crippen LogP contribution in [0.4, 0.5) is 11.4 Å². The van der Waals surface area contributed by atoms with Crippen molar-refractivity contribution in [2.24, 2.45) is 0 Å². The van der Waals surface area contributed by atoms with Gasteiger partial charge in [0.25, 0.3) is 0 Å². The van der Waals surface area contributed by atoms with Gasteiger partial charge in [0.05, 0.1) is 7.11 Å². The van der Waals surface area contributed by atoms with Crippen LogP contribution in [-0.2, 0) is 16.0 Å². The first-order chi connectivity index (χ1) is 13.5. The van der Waals surface area contributed by atoms with Crippen LogP contribution in [0, 0.1) is 0 Å². The maximum atomic E-state index is 12.2. The predicted molar refractivity (Wildman–Crippen MR) is 111 cm³/mol. The molecule has 0 unspecified atom stereocenters. The highest BCUT2D eigenvalue weighted by atomic mass is 16.5. The third-order valence-electron chi connectivity index (χ3n) is 5.04. The number of ether oxygens (including phenoxy) is 1. The molecule has 0 bridgehead atoms. The smallest absolute Gasteiger partial charge is 0.224 e. The Balaban J connectivity index is 1.47. The SMILES string of the molecule is COc1ccc(CCC(=O)Nc2ccc(N3CCN(C(C)=O)CC3)cc2)cc1. The minimum absolute atomic E-state index is 0.00126. The third-order valence-corrected chi connectivity index (χ3v) is 5.04. The van der Waals surface area contributed by atoms with Gasteiger partial charge in [0.1, 0.15) is 5.75 Å². The molecule has 0 spiro atoms. The van der Waals surface area contributed by atoms with Gasteiger partial charge in [-0.15, -0.1) is 0 Å². The molecule has 1 saturated heterocycles. The molecule has 0 aliphatic carbocycles. The maximum Gasteiger partial charge on any atom is 0.224 e. The summed E-state index contributed by atoms with van der Waals surface area (Å²) in [6.45, 7) is 4.76. The first kappa shape index (κ1) is 19.7. The van der Waals surface area contributed by atoms with Crippen molar-refractivity contribution in [2.75, 3.05) is 43.5 Å². The first-order valence-electron chi connectivity index (χ1n) is 9.58. The van der Waals surface area contributed by atoms with Crippen molar-refractivity contribution in [3.05, 3.63) is 54.1 Å². The quantitative estimate of drug-likeness (QED) is 0.836. The predicted octanol–water partition coefficient (Wildman–Crippen LogP) is 2.94. The van der Waals surface area contributed by atoms with Crippen molar-refractivity contribution >= 4 is 23.2 Å². The zero-order valence-electron chi connectivity index (χ0n) is 16.5. The highest BCUT2D eigenvalue weighted by molar-refractivity contribution is 5.91. The number of aryl methyl sites for hydroxylation is 1. The van der Waals surface area contributed by atoms with Crippen LogP contribution in [-0.4, -0.2) is 50.0 Å². The molecule has 3 rings (SSSR count). The molecule has 0 aromatic heterocycles. The summed E-state index contributed by atoms with van der Waals surface area (Å²) in [6, 6.07) is 15.7. The van der Waals surface area contributed by atoms with E-state index in [1.165, 1.54) is 0 Å². The zero-order chi connectivity index (χ0) is 19.9. The molecule has 1 aliphatic rings. The van der Waals surface area contributed by atoms with Crippen molar-refractivity contribution in [2.45, 2.75) is 19.8 Å². The minimum Gasteiger partial charge on any atom is -0.497 e. The summed E-state index contributed by atoms with van der Waals surface area (Å²) in [7, 11) is 1.64. The number of rotatable bonds is 6. The Morgan fingerprint density at radius 2 is 1.61 bits per heavy atom. The lowest BCUT2D eigenvalue weighted by Gasteiger charge is -2.35. The topological polar surface area (TPSA) is 61.9 Å². The second-order valence-electron chi connectivity index (χ2n) is 6.94. The van der Waals surface area contributed by atoms with Crippen LogP contribution in [0.15, 0.2) is 48.5 Å². The van der Waals surface area contributed by atoms with Gasteiger partial charge in [-0.1, -0.05) is 12.1 Å². The van der Waals surface area contributed by atoms with E-state index in [9.17, 15) is 9.59 Å². The van der Waals surface area contributed by atoms with E-state index in [1.54, 1.807) is 14.0 Å². The van der Waals surface area contributed by atoms with Gasteiger partial charge < -0.3 is 19.9 Å². The second-order valence-corrected chi connectivity index (χ2v) is 6.94. The Morgan fingerprint density at radius 1 is 0.964 bits per heavy atom. The summed E-state index contributed by atoms with van der Waals surface area (Å²) in [4.78, 5) is 27.8. The van der Waals surface area contributed by atoms with Crippen LogP contribution in [0.5, 0.6) is 5.75 Å². The lowest BCUT2D eigenvalue weighted by Crippen LogP contribution is -2.48. The van der Waals surface area contributed by atoms with Crippen molar-refractivity contribution in [1.82, 2.24) is 4.90 Å². The van der Waals surface area contributed by atoms with E-state index in [1.807, 2.05) is 53.4 Å². The minimum atomic E-state index is -0.00126. The van der Waals surface area contributed by atoms with Crippen molar-refractivity contribution < 1.29 is 14.3 Å². The number of piperazine rings is 1. The Labute approximate surface area is 166 Å². The van der Waals surface area contributed by atoms with Gasteiger partial charge in [0.2, 0.25) is 11.8 Å². The van der Waals surface area contributed by atoms with E-state index >= 15 is 0 Å². The molecule has 6 nitrogen and oxygen atoms in total. The van der Waals surface area contributed by atoms with Crippen molar-refractivity contribution in [3.8, 4) is 5.75 Å². The fourth-order valence-corrected chi connectivity index (χ4v) is 3.31. The third kappa shape index (κ3) is 5.25. The van der Waals surface area contributed by atoms with Crippen LogP contribution >= 0.6 is 0 Å². The molecule has 1 fully saturated rings. The maximum absolute atomic E-state index is 12.2. The van der Waals surface area contributed by atoms with E-state index in [0.29, 0.717) is 12.8 Å². The van der Waals surface area contributed by atoms with E-state index in [0.717, 1.165) is 48.9 Å². The van der Waals surface area contributed by atoms with E-state index in [-0.39, 0.29) is 11.8 Å². The van der Waals surface area contributed by atoms with Gasteiger partial charge in [0, 0.05) is 50.9 Å². The van der Waals surface area contributed by atoms with Gasteiger partial charge in [0.15, 0.2) is 0 Å². The number of benzene rings is 2. The van der Waals surface area contributed by atoms with E-state index < -0.39 is 0 Å². The molecule has 0 saturated carbocycles. The fraction of sp³-hybridized carbons (Fsp3) is 0.364. The molecule has 6 heteroatoms. The highest BCUT2D eigenvalue weighted by Crippen LogP contribution is 2.20. The van der Waals surface area contributed by atoms with Crippen molar-refractivity contribution in [1.29, 1.82) is 0 Å². The van der Waals surface area contributed by atoms with Gasteiger partial charge in [-0.25, -0.2) is 0 Å². The Kier molecular flexibility index (Phi) is 6.53.